The molecule has 4 N–H and O–H groups in total. The van der Waals surface area contributed by atoms with E-state index in [1.54, 1.807) is 24.3 Å². The summed E-state index contributed by atoms with van der Waals surface area (Å²) in [7, 11) is 0. The van der Waals surface area contributed by atoms with Crippen LogP contribution in [0.25, 0.3) is 0 Å². The molecule has 0 aliphatic heterocycles. The number of carbonyl (C=O) groups is 2. The van der Waals surface area contributed by atoms with Gasteiger partial charge in [0.15, 0.2) is 0 Å². The number of benzene rings is 1. The number of rotatable bonds is 6. The Hall–Kier alpha value is -2.74. The van der Waals surface area contributed by atoms with Crippen molar-refractivity contribution in [1.82, 2.24) is 20.3 Å². The van der Waals surface area contributed by atoms with Crippen molar-refractivity contribution in [3.8, 4) is 0 Å². The molecule has 1 atom stereocenters. The lowest BCUT2D eigenvalue weighted by Crippen LogP contribution is -2.33. The van der Waals surface area contributed by atoms with Gasteiger partial charge in [-0.2, -0.15) is 0 Å². The van der Waals surface area contributed by atoms with Crippen LogP contribution in [0.4, 0.5) is 0 Å². The first kappa shape index (κ1) is 14.7. The van der Waals surface area contributed by atoms with Crippen molar-refractivity contribution < 1.29 is 14.7 Å². The first-order valence-electron chi connectivity index (χ1n) is 6.25. The van der Waals surface area contributed by atoms with Gasteiger partial charge < -0.3 is 16.2 Å². The molecule has 1 aromatic carbocycles. The van der Waals surface area contributed by atoms with Crippen LogP contribution in [0.5, 0.6) is 0 Å². The molecule has 8 heteroatoms. The molecule has 2 rings (SSSR count). The Balaban J connectivity index is 1.89. The molecule has 0 bridgehead atoms. The van der Waals surface area contributed by atoms with Gasteiger partial charge in [-0.1, -0.05) is 35.5 Å². The molecule has 0 unspecified atom stereocenters. The average Bonchev–Trinajstić information content (AvgIpc) is 2.91. The van der Waals surface area contributed by atoms with Gasteiger partial charge in [-0.25, -0.2) is 4.68 Å². The van der Waals surface area contributed by atoms with Gasteiger partial charge >= 0.3 is 5.97 Å². The number of hydrogen-bond acceptors (Lipinski definition) is 5. The summed E-state index contributed by atoms with van der Waals surface area (Å²) in [5.41, 5.74) is 7.02. The second-order valence-corrected chi connectivity index (χ2v) is 4.41. The van der Waals surface area contributed by atoms with E-state index in [4.69, 9.17) is 10.8 Å². The number of nitrogens with two attached hydrogens (primary N) is 1. The van der Waals surface area contributed by atoms with E-state index in [1.165, 1.54) is 10.9 Å². The molecular weight excluding hydrogens is 274 g/mol. The molecule has 110 valence electrons. The molecule has 0 saturated heterocycles. The van der Waals surface area contributed by atoms with Crippen LogP contribution < -0.4 is 11.1 Å². The lowest BCUT2D eigenvalue weighted by atomic mass is 10.1. The molecule has 8 nitrogen and oxygen atoms in total. The number of carboxylic acids is 1. The molecule has 1 amide bonds. The maximum atomic E-state index is 11.9. The lowest BCUT2D eigenvalue weighted by molar-refractivity contribution is -0.138. The topological polar surface area (TPSA) is 123 Å². The Labute approximate surface area is 120 Å². The summed E-state index contributed by atoms with van der Waals surface area (Å²) in [6, 6.07) is 8.23. The van der Waals surface area contributed by atoms with Crippen molar-refractivity contribution in [2.75, 3.05) is 0 Å². The van der Waals surface area contributed by atoms with E-state index >= 15 is 0 Å². The number of aromatic nitrogens is 3. The van der Waals surface area contributed by atoms with E-state index in [9.17, 15) is 9.59 Å². The molecule has 0 saturated carbocycles. The molecule has 2 aromatic rings. The normalized spacial score (nSPS) is 11.9. The van der Waals surface area contributed by atoms with Crippen LogP contribution in [0.2, 0.25) is 0 Å². The van der Waals surface area contributed by atoms with Crippen LogP contribution in [0.3, 0.4) is 0 Å². The highest BCUT2D eigenvalue weighted by Crippen LogP contribution is 2.09. The van der Waals surface area contributed by atoms with E-state index in [0.29, 0.717) is 11.3 Å². The van der Waals surface area contributed by atoms with Crippen LogP contribution in [0.15, 0.2) is 36.5 Å². The highest BCUT2D eigenvalue weighted by Gasteiger charge is 2.15. The minimum atomic E-state index is -1.01. The lowest BCUT2D eigenvalue weighted by Gasteiger charge is -2.11. The molecule has 0 fully saturated rings. The standard InChI is InChI=1S/C13H15N5O3/c14-12(9-4-2-1-3-5-9)13(21)15-6-10-7-18(17-16-10)8-11(19)20/h1-5,7,12H,6,8,14H2,(H,15,21)(H,19,20)/t12-/m1/s1. The second kappa shape index (κ2) is 6.62. The van der Waals surface area contributed by atoms with Crippen LogP contribution in [0.1, 0.15) is 17.3 Å². The number of carboxylic acid groups (broad SMARTS) is 1. The summed E-state index contributed by atoms with van der Waals surface area (Å²) in [5.74, 6) is -1.35. The minimum absolute atomic E-state index is 0.138. The zero-order chi connectivity index (χ0) is 15.2. The Morgan fingerprint density at radius 2 is 2.05 bits per heavy atom. The Morgan fingerprint density at radius 1 is 1.33 bits per heavy atom. The fraction of sp³-hybridized carbons (Fsp3) is 0.231. The van der Waals surface area contributed by atoms with Crippen molar-refractivity contribution >= 4 is 11.9 Å². The van der Waals surface area contributed by atoms with Crippen LogP contribution in [-0.4, -0.2) is 32.0 Å². The third-order valence-corrected chi connectivity index (χ3v) is 2.77. The molecular formula is C13H15N5O3. The number of aliphatic carboxylic acids is 1. The summed E-state index contributed by atoms with van der Waals surface area (Å²) in [5, 5.41) is 18.7. The van der Waals surface area contributed by atoms with Crippen LogP contribution >= 0.6 is 0 Å². The molecule has 0 aliphatic rings. The number of nitrogens with zero attached hydrogens (tertiary/aromatic N) is 3. The van der Waals surface area contributed by atoms with Gasteiger partial charge in [0.2, 0.25) is 5.91 Å². The summed E-state index contributed by atoms with van der Waals surface area (Å²) >= 11 is 0. The zero-order valence-electron chi connectivity index (χ0n) is 11.1. The van der Waals surface area contributed by atoms with Crippen molar-refractivity contribution in [2.45, 2.75) is 19.1 Å². The number of nitrogens with one attached hydrogen (secondary N) is 1. The Kier molecular flexibility index (Phi) is 4.62. The van der Waals surface area contributed by atoms with E-state index < -0.39 is 12.0 Å². The van der Waals surface area contributed by atoms with Crippen molar-refractivity contribution in [3.63, 3.8) is 0 Å². The zero-order valence-corrected chi connectivity index (χ0v) is 11.1. The third kappa shape index (κ3) is 4.11. The fourth-order valence-electron chi connectivity index (χ4n) is 1.73. The fourth-order valence-corrected chi connectivity index (χ4v) is 1.73. The first-order chi connectivity index (χ1) is 10.1. The van der Waals surface area contributed by atoms with E-state index in [2.05, 4.69) is 15.6 Å². The quantitative estimate of drug-likeness (QED) is 0.669. The summed E-state index contributed by atoms with van der Waals surface area (Å²) in [6.07, 6.45) is 1.46. The monoisotopic (exact) mass is 289 g/mol. The Morgan fingerprint density at radius 3 is 2.71 bits per heavy atom. The molecule has 21 heavy (non-hydrogen) atoms. The highest BCUT2D eigenvalue weighted by atomic mass is 16.4. The molecule has 0 radical (unpaired) electrons. The second-order valence-electron chi connectivity index (χ2n) is 4.41. The smallest absolute Gasteiger partial charge is 0.325 e. The van der Waals surface area contributed by atoms with Gasteiger partial charge in [-0.05, 0) is 5.56 Å². The summed E-state index contributed by atoms with van der Waals surface area (Å²) in [6.45, 7) is -0.135. The predicted molar refractivity (Wildman–Crippen MR) is 72.9 cm³/mol. The first-order valence-corrected chi connectivity index (χ1v) is 6.25. The van der Waals surface area contributed by atoms with E-state index in [1.807, 2.05) is 6.07 Å². The average molecular weight is 289 g/mol. The van der Waals surface area contributed by atoms with Gasteiger partial charge in [0.05, 0.1) is 12.7 Å². The van der Waals surface area contributed by atoms with E-state index in [0.717, 1.165) is 0 Å². The summed E-state index contributed by atoms with van der Waals surface area (Å²) in [4.78, 5) is 22.4. The molecule has 1 heterocycles. The van der Waals surface area contributed by atoms with Gasteiger partial charge in [0.25, 0.3) is 0 Å². The van der Waals surface area contributed by atoms with Crippen molar-refractivity contribution in [3.05, 3.63) is 47.8 Å². The van der Waals surface area contributed by atoms with Gasteiger partial charge in [-0.15, -0.1) is 5.10 Å². The molecule has 0 spiro atoms. The predicted octanol–water partition coefficient (Wildman–Crippen LogP) is -0.321. The number of amides is 1. The maximum absolute atomic E-state index is 11.9. The number of hydrogen-bond donors (Lipinski definition) is 3. The summed E-state index contributed by atoms with van der Waals surface area (Å²) < 4.78 is 1.18. The SMILES string of the molecule is N[C@@H](C(=O)NCc1cn(CC(=O)O)nn1)c1ccccc1. The minimum Gasteiger partial charge on any atom is -0.480 e. The number of carbonyl (C=O) groups excluding carboxylic acids is 1. The molecule has 0 aliphatic carbocycles. The highest BCUT2D eigenvalue weighted by molar-refractivity contribution is 5.82. The van der Waals surface area contributed by atoms with Crippen LogP contribution in [0, 0.1) is 0 Å². The van der Waals surface area contributed by atoms with Crippen molar-refractivity contribution in [1.29, 1.82) is 0 Å². The van der Waals surface area contributed by atoms with Gasteiger partial charge in [-0.3, -0.25) is 9.59 Å². The van der Waals surface area contributed by atoms with Crippen molar-refractivity contribution in [2.24, 2.45) is 5.73 Å². The maximum Gasteiger partial charge on any atom is 0.325 e. The third-order valence-electron chi connectivity index (χ3n) is 2.77. The largest absolute Gasteiger partial charge is 0.480 e. The van der Waals surface area contributed by atoms with Crippen LogP contribution in [-0.2, 0) is 22.7 Å². The van der Waals surface area contributed by atoms with Gasteiger partial charge in [0.1, 0.15) is 18.3 Å². The van der Waals surface area contributed by atoms with E-state index in [-0.39, 0.29) is 19.0 Å². The molecule has 1 aromatic heterocycles. The Bertz CT molecular complexity index is 626. The van der Waals surface area contributed by atoms with Gasteiger partial charge in [0, 0.05) is 0 Å².